The van der Waals surface area contributed by atoms with Crippen LogP contribution < -0.4 is 16.0 Å². The number of halogens is 1. The molecule has 1 aromatic carbocycles. The molecular formula is C18H23ClN6O2. The highest BCUT2D eigenvalue weighted by Gasteiger charge is 2.33. The van der Waals surface area contributed by atoms with E-state index < -0.39 is 5.54 Å². The van der Waals surface area contributed by atoms with Gasteiger partial charge in [0.25, 0.3) is 5.91 Å². The lowest BCUT2D eigenvalue weighted by Gasteiger charge is -2.24. The van der Waals surface area contributed by atoms with Crippen molar-refractivity contribution >= 4 is 23.4 Å². The van der Waals surface area contributed by atoms with Gasteiger partial charge in [-0.1, -0.05) is 28.9 Å². The maximum absolute atomic E-state index is 12.6. The molecule has 1 saturated heterocycles. The number of carbonyl (C=O) groups excluding carboxylic acids is 2. The summed E-state index contributed by atoms with van der Waals surface area (Å²) < 4.78 is 1.74. The van der Waals surface area contributed by atoms with Crippen LogP contribution in [0.1, 0.15) is 42.4 Å². The van der Waals surface area contributed by atoms with E-state index in [1.165, 1.54) is 0 Å². The first-order valence-corrected chi connectivity index (χ1v) is 9.14. The van der Waals surface area contributed by atoms with Crippen LogP contribution in [0.25, 0.3) is 0 Å². The van der Waals surface area contributed by atoms with Crippen molar-refractivity contribution in [3.8, 4) is 0 Å². The van der Waals surface area contributed by atoms with Crippen molar-refractivity contribution in [3.05, 3.63) is 46.7 Å². The fraction of sp³-hybridized carbons (Fsp3) is 0.444. The van der Waals surface area contributed by atoms with E-state index in [1.54, 1.807) is 36.0 Å². The standard InChI is InChI=1S/C18H23ClN6O2/c1-18(2,22-16(26)12-6-4-5-7-13(12)19)15-10-25(24-23-15)11-8-14(21-9-11)17(27)20-3/h4-7,10-11,14,21H,8-9H2,1-3H3,(H,20,27)(H,22,26). The Balaban J connectivity index is 1.70. The molecule has 0 aliphatic carbocycles. The molecule has 2 aromatic rings. The van der Waals surface area contributed by atoms with Gasteiger partial charge >= 0.3 is 0 Å². The van der Waals surface area contributed by atoms with Gasteiger partial charge in [-0.3, -0.25) is 9.59 Å². The van der Waals surface area contributed by atoms with E-state index >= 15 is 0 Å². The number of carbonyl (C=O) groups is 2. The van der Waals surface area contributed by atoms with E-state index in [1.807, 2.05) is 20.0 Å². The third kappa shape index (κ3) is 4.12. The molecule has 8 nitrogen and oxygen atoms in total. The van der Waals surface area contributed by atoms with E-state index in [-0.39, 0.29) is 23.9 Å². The number of benzene rings is 1. The maximum atomic E-state index is 12.6. The second kappa shape index (κ2) is 7.66. The van der Waals surface area contributed by atoms with Gasteiger partial charge in [0.15, 0.2) is 0 Å². The van der Waals surface area contributed by atoms with Crippen LogP contribution >= 0.6 is 11.6 Å². The average molecular weight is 391 g/mol. The summed E-state index contributed by atoms with van der Waals surface area (Å²) in [5.74, 6) is -0.312. The zero-order valence-corrected chi connectivity index (χ0v) is 16.2. The largest absolute Gasteiger partial charge is 0.358 e. The predicted octanol–water partition coefficient (Wildman–Crippen LogP) is 1.25. The fourth-order valence-corrected chi connectivity index (χ4v) is 3.32. The van der Waals surface area contributed by atoms with Crippen molar-refractivity contribution in [3.63, 3.8) is 0 Å². The monoisotopic (exact) mass is 390 g/mol. The highest BCUT2D eigenvalue weighted by atomic mass is 35.5. The van der Waals surface area contributed by atoms with E-state index in [2.05, 4.69) is 26.3 Å². The smallest absolute Gasteiger partial charge is 0.253 e. The molecule has 2 unspecified atom stereocenters. The van der Waals surface area contributed by atoms with E-state index in [9.17, 15) is 9.59 Å². The SMILES string of the molecule is CNC(=O)C1CC(n2cc(C(C)(C)NC(=O)c3ccccc3Cl)nn2)CN1. The first kappa shape index (κ1) is 19.3. The topological polar surface area (TPSA) is 101 Å². The summed E-state index contributed by atoms with van der Waals surface area (Å²) in [5, 5.41) is 17.6. The number of amides is 2. The molecule has 9 heteroatoms. The number of hydrogen-bond donors (Lipinski definition) is 3. The van der Waals surface area contributed by atoms with Crippen LogP contribution in [0, 0.1) is 0 Å². The Labute approximate surface area is 162 Å². The molecule has 3 N–H and O–H groups in total. The summed E-state index contributed by atoms with van der Waals surface area (Å²) in [7, 11) is 1.62. The van der Waals surface area contributed by atoms with Gasteiger partial charge in [-0.05, 0) is 32.4 Å². The lowest BCUT2D eigenvalue weighted by atomic mass is 10.0. The molecular weight excluding hydrogens is 368 g/mol. The van der Waals surface area contributed by atoms with Gasteiger partial charge in [0.2, 0.25) is 5.91 Å². The van der Waals surface area contributed by atoms with Crippen LogP contribution in [0.3, 0.4) is 0 Å². The van der Waals surface area contributed by atoms with Crippen molar-refractivity contribution in [1.82, 2.24) is 30.9 Å². The van der Waals surface area contributed by atoms with Gasteiger partial charge in [0, 0.05) is 13.6 Å². The summed E-state index contributed by atoms with van der Waals surface area (Å²) in [4.78, 5) is 24.3. The van der Waals surface area contributed by atoms with Gasteiger partial charge in [-0.2, -0.15) is 0 Å². The molecule has 3 rings (SSSR count). The van der Waals surface area contributed by atoms with Crippen molar-refractivity contribution in [2.24, 2.45) is 0 Å². The zero-order valence-electron chi connectivity index (χ0n) is 15.5. The van der Waals surface area contributed by atoms with Gasteiger partial charge in [-0.25, -0.2) is 4.68 Å². The third-order valence-electron chi connectivity index (χ3n) is 4.74. The highest BCUT2D eigenvalue weighted by Crippen LogP contribution is 2.24. The molecule has 2 heterocycles. The first-order valence-electron chi connectivity index (χ1n) is 8.76. The molecule has 1 fully saturated rings. The fourth-order valence-electron chi connectivity index (χ4n) is 3.09. The predicted molar refractivity (Wildman–Crippen MR) is 101 cm³/mol. The summed E-state index contributed by atoms with van der Waals surface area (Å²) in [5.41, 5.74) is 0.306. The Bertz CT molecular complexity index is 850. The van der Waals surface area contributed by atoms with Gasteiger partial charge in [0.05, 0.1) is 34.4 Å². The van der Waals surface area contributed by atoms with Crippen molar-refractivity contribution in [2.75, 3.05) is 13.6 Å². The molecule has 1 aliphatic heterocycles. The summed E-state index contributed by atoms with van der Waals surface area (Å²) >= 11 is 6.10. The van der Waals surface area contributed by atoms with E-state index in [0.717, 1.165) is 0 Å². The number of nitrogens with zero attached hydrogens (tertiary/aromatic N) is 3. The summed E-state index contributed by atoms with van der Waals surface area (Å²) in [6, 6.07) is 6.69. The van der Waals surface area contributed by atoms with Crippen molar-refractivity contribution < 1.29 is 9.59 Å². The third-order valence-corrected chi connectivity index (χ3v) is 5.07. The number of hydrogen-bond acceptors (Lipinski definition) is 5. The average Bonchev–Trinajstić information content (AvgIpc) is 3.30. The molecule has 1 aliphatic rings. The molecule has 2 atom stereocenters. The van der Waals surface area contributed by atoms with Crippen LogP contribution in [0.2, 0.25) is 5.02 Å². The van der Waals surface area contributed by atoms with Crippen LogP contribution in [0.15, 0.2) is 30.5 Å². The summed E-state index contributed by atoms with van der Waals surface area (Å²) in [6.45, 7) is 4.35. The quantitative estimate of drug-likeness (QED) is 0.713. The molecule has 0 radical (unpaired) electrons. The Morgan fingerprint density at radius 2 is 2.07 bits per heavy atom. The first-order chi connectivity index (χ1) is 12.8. The molecule has 0 spiro atoms. The van der Waals surface area contributed by atoms with Crippen LogP contribution in [0.5, 0.6) is 0 Å². The molecule has 27 heavy (non-hydrogen) atoms. The van der Waals surface area contributed by atoms with Crippen molar-refractivity contribution in [1.29, 1.82) is 0 Å². The minimum Gasteiger partial charge on any atom is -0.358 e. The summed E-state index contributed by atoms with van der Waals surface area (Å²) in [6.07, 6.45) is 2.44. The Hall–Kier alpha value is -2.45. The zero-order chi connectivity index (χ0) is 19.6. The molecule has 144 valence electrons. The molecule has 1 aromatic heterocycles. The molecule has 0 saturated carbocycles. The Kier molecular flexibility index (Phi) is 5.48. The minimum absolute atomic E-state index is 0.0311. The maximum Gasteiger partial charge on any atom is 0.253 e. The van der Waals surface area contributed by atoms with Crippen molar-refractivity contribution in [2.45, 2.75) is 37.9 Å². The Morgan fingerprint density at radius 3 is 2.78 bits per heavy atom. The van der Waals surface area contributed by atoms with E-state index in [0.29, 0.717) is 29.2 Å². The van der Waals surface area contributed by atoms with Crippen LogP contribution in [0.4, 0.5) is 0 Å². The number of rotatable bonds is 5. The molecule has 0 bridgehead atoms. The van der Waals surface area contributed by atoms with Crippen LogP contribution in [-0.4, -0.2) is 46.4 Å². The van der Waals surface area contributed by atoms with Gasteiger partial charge in [0.1, 0.15) is 5.69 Å². The lowest BCUT2D eigenvalue weighted by molar-refractivity contribution is -0.122. The van der Waals surface area contributed by atoms with Crippen LogP contribution in [-0.2, 0) is 10.3 Å². The minimum atomic E-state index is -0.735. The number of aromatic nitrogens is 3. The molecule has 2 amide bonds. The second-order valence-corrected chi connectivity index (χ2v) is 7.51. The lowest BCUT2D eigenvalue weighted by Crippen LogP contribution is -2.41. The second-order valence-electron chi connectivity index (χ2n) is 7.11. The Morgan fingerprint density at radius 1 is 1.33 bits per heavy atom. The normalized spacial score (nSPS) is 19.7. The highest BCUT2D eigenvalue weighted by molar-refractivity contribution is 6.33. The van der Waals surface area contributed by atoms with Gasteiger partial charge in [-0.15, -0.1) is 5.10 Å². The number of likely N-dealkylation sites (N-methyl/N-ethyl adjacent to an activating group) is 1. The van der Waals surface area contributed by atoms with E-state index in [4.69, 9.17) is 11.6 Å². The van der Waals surface area contributed by atoms with Gasteiger partial charge < -0.3 is 16.0 Å². The number of nitrogens with one attached hydrogen (secondary N) is 3.